The Morgan fingerprint density at radius 1 is 1.16 bits per heavy atom. The maximum Gasteiger partial charge on any atom is 0.333 e. The van der Waals surface area contributed by atoms with Crippen LogP contribution in [0.25, 0.3) is 0 Å². The average Bonchev–Trinajstić information content (AvgIpc) is 2.96. The first kappa shape index (κ1) is 23.2. The Bertz CT molecular complexity index is 877. The van der Waals surface area contributed by atoms with E-state index in [4.69, 9.17) is 14.2 Å². The van der Waals surface area contributed by atoms with Gasteiger partial charge < -0.3 is 24.4 Å². The zero-order chi connectivity index (χ0) is 23.8. The third-order valence-corrected chi connectivity index (χ3v) is 8.83. The summed E-state index contributed by atoms with van der Waals surface area (Å²) in [6.45, 7) is 10.6. The van der Waals surface area contributed by atoms with E-state index in [1.165, 1.54) is 19.9 Å². The van der Waals surface area contributed by atoms with Gasteiger partial charge in [-0.1, -0.05) is 27.7 Å². The Morgan fingerprint density at radius 3 is 2.38 bits per heavy atom. The van der Waals surface area contributed by atoms with Crippen LogP contribution in [0, 0.1) is 34.5 Å². The summed E-state index contributed by atoms with van der Waals surface area (Å²) in [7, 11) is 0. The minimum atomic E-state index is -1.68. The van der Waals surface area contributed by atoms with Crippen molar-refractivity contribution in [3.05, 3.63) is 11.6 Å². The van der Waals surface area contributed by atoms with Gasteiger partial charge in [0.1, 0.15) is 12.2 Å². The molecule has 0 bridgehead atoms. The summed E-state index contributed by atoms with van der Waals surface area (Å²) in [5.41, 5.74) is -0.604. The number of rotatable bonds is 2. The quantitative estimate of drug-likeness (QED) is 0.485. The van der Waals surface area contributed by atoms with E-state index >= 15 is 0 Å². The largest absolute Gasteiger partial charge is 0.462 e. The number of fused-ring (bicyclic) bond motifs is 4. The highest BCUT2D eigenvalue weighted by Gasteiger charge is 2.69. The second-order valence-electron chi connectivity index (χ2n) is 11.0. The van der Waals surface area contributed by atoms with Crippen molar-refractivity contribution in [1.29, 1.82) is 0 Å². The van der Waals surface area contributed by atoms with Crippen LogP contribution >= 0.6 is 0 Å². The molecule has 3 saturated carbocycles. The minimum Gasteiger partial charge on any atom is -0.462 e. The molecule has 0 radical (unpaired) electrons. The molecular weight excluding hydrogens is 416 g/mol. The van der Waals surface area contributed by atoms with Gasteiger partial charge in [0.05, 0.1) is 6.10 Å². The number of hydrogen-bond donors (Lipinski definition) is 2. The highest BCUT2D eigenvalue weighted by molar-refractivity contribution is 5.86. The number of carbonyl (C=O) groups excluding carboxylic acids is 3. The number of hydrogen-bond acceptors (Lipinski definition) is 8. The van der Waals surface area contributed by atoms with E-state index in [1.807, 2.05) is 20.8 Å². The van der Waals surface area contributed by atoms with Crippen molar-refractivity contribution < 1.29 is 38.8 Å². The van der Waals surface area contributed by atoms with Crippen LogP contribution < -0.4 is 0 Å². The van der Waals surface area contributed by atoms with Gasteiger partial charge in [-0.2, -0.15) is 0 Å². The fourth-order valence-electron chi connectivity index (χ4n) is 7.73. The van der Waals surface area contributed by atoms with Gasteiger partial charge in [0.25, 0.3) is 0 Å². The van der Waals surface area contributed by atoms with Crippen LogP contribution in [0.3, 0.4) is 0 Å². The van der Waals surface area contributed by atoms with Crippen molar-refractivity contribution >= 4 is 17.9 Å². The third-order valence-electron chi connectivity index (χ3n) is 8.83. The van der Waals surface area contributed by atoms with Crippen LogP contribution in [0.5, 0.6) is 0 Å². The first-order valence-electron chi connectivity index (χ1n) is 11.4. The van der Waals surface area contributed by atoms with E-state index < -0.39 is 46.9 Å². The predicted octanol–water partition coefficient (Wildman–Crippen LogP) is 2.11. The lowest BCUT2D eigenvalue weighted by atomic mass is 9.41. The van der Waals surface area contributed by atoms with Crippen LogP contribution in [0.2, 0.25) is 0 Å². The summed E-state index contributed by atoms with van der Waals surface area (Å²) >= 11 is 0. The number of aliphatic hydroxyl groups excluding tert-OH is 1. The molecule has 0 aromatic rings. The van der Waals surface area contributed by atoms with Gasteiger partial charge in [-0.3, -0.25) is 9.59 Å². The maximum absolute atomic E-state index is 12.1. The lowest BCUT2D eigenvalue weighted by molar-refractivity contribution is -0.277. The molecule has 1 aliphatic heterocycles. The van der Waals surface area contributed by atoms with Crippen LogP contribution in [-0.4, -0.2) is 52.2 Å². The van der Waals surface area contributed by atoms with Gasteiger partial charge in [0, 0.05) is 43.3 Å². The van der Waals surface area contributed by atoms with Gasteiger partial charge in [-0.15, -0.1) is 0 Å². The van der Waals surface area contributed by atoms with Gasteiger partial charge in [0.15, 0.2) is 0 Å². The molecule has 8 nitrogen and oxygen atoms in total. The predicted molar refractivity (Wildman–Crippen MR) is 112 cm³/mol. The molecule has 0 amide bonds. The maximum atomic E-state index is 12.1. The number of carbonyl (C=O) groups is 3. The van der Waals surface area contributed by atoms with Crippen molar-refractivity contribution in [2.45, 2.75) is 84.9 Å². The Kier molecular flexibility index (Phi) is 5.29. The number of aliphatic hydroxyl groups is 2. The van der Waals surface area contributed by atoms with Crippen LogP contribution in [0.15, 0.2) is 11.6 Å². The molecule has 0 saturated heterocycles. The van der Waals surface area contributed by atoms with Crippen molar-refractivity contribution in [3.63, 3.8) is 0 Å². The third kappa shape index (κ3) is 3.21. The van der Waals surface area contributed by atoms with Crippen molar-refractivity contribution in [1.82, 2.24) is 0 Å². The molecule has 2 N–H and O–H groups in total. The van der Waals surface area contributed by atoms with E-state index in [-0.39, 0.29) is 36.1 Å². The molecule has 8 heteroatoms. The summed E-state index contributed by atoms with van der Waals surface area (Å²) in [6.07, 6.45) is 0.549. The number of esters is 3. The highest BCUT2D eigenvalue weighted by atomic mass is 16.7. The van der Waals surface area contributed by atoms with E-state index in [2.05, 4.69) is 6.92 Å². The molecule has 32 heavy (non-hydrogen) atoms. The summed E-state index contributed by atoms with van der Waals surface area (Å²) in [5.74, 6) is -4.35. The summed E-state index contributed by atoms with van der Waals surface area (Å²) < 4.78 is 16.8. The molecule has 1 heterocycles. The molecule has 0 unspecified atom stereocenters. The zero-order valence-corrected chi connectivity index (χ0v) is 19.6. The lowest BCUT2D eigenvalue weighted by Gasteiger charge is -2.66. The molecular formula is C24H34O8. The van der Waals surface area contributed by atoms with E-state index in [1.54, 1.807) is 0 Å². The molecule has 0 aromatic heterocycles. The van der Waals surface area contributed by atoms with Crippen molar-refractivity contribution in [2.75, 3.05) is 0 Å². The monoisotopic (exact) mass is 450 g/mol. The summed E-state index contributed by atoms with van der Waals surface area (Å²) in [6, 6.07) is 0. The lowest BCUT2D eigenvalue weighted by Crippen LogP contribution is -2.69. The van der Waals surface area contributed by atoms with Crippen LogP contribution in [-0.2, 0) is 28.6 Å². The first-order chi connectivity index (χ1) is 14.7. The molecule has 4 aliphatic rings. The molecule has 0 spiro atoms. The standard InChI is InChI=1S/C24H34O8/c1-11-14-9-17(27)32-24(14,29)10-15-18(11)19(28)20(31-13(3)26)21-22(4,5)16(30-12(2)25)7-8-23(15,21)6/h9,11,15-16,18-21,28-29H,7-8,10H2,1-6H3/t11-,15+,16-,18-,19+,20+,21-,23-,24+/m0/s1. The summed E-state index contributed by atoms with van der Waals surface area (Å²) in [4.78, 5) is 35.9. The topological polar surface area (TPSA) is 119 Å². The smallest absolute Gasteiger partial charge is 0.333 e. The molecule has 178 valence electrons. The zero-order valence-electron chi connectivity index (χ0n) is 19.6. The fraction of sp³-hybridized carbons (Fsp3) is 0.792. The Hall–Kier alpha value is -1.93. The second-order valence-corrected chi connectivity index (χ2v) is 11.0. The highest BCUT2D eigenvalue weighted by Crippen LogP contribution is 2.67. The Morgan fingerprint density at radius 2 is 1.78 bits per heavy atom. The number of ether oxygens (including phenoxy) is 3. The van der Waals surface area contributed by atoms with Crippen LogP contribution in [0.4, 0.5) is 0 Å². The van der Waals surface area contributed by atoms with Crippen molar-refractivity contribution in [2.24, 2.45) is 34.5 Å². The van der Waals surface area contributed by atoms with Gasteiger partial charge in [0.2, 0.25) is 5.79 Å². The van der Waals surface area contributed by atoms with Gasteiger partial charge in [-0.25, -0.2) is 4.79 Å². The van der Waals surface area contributed by atoms with E-state index in [9.17, 15) is 24.6 Å². The van der Waals surface area contributed by atoms with E-state index in [0.717, 1.165) is 0 Å². The molecule has 9 atom stereocenters. The van der Waals surface area contributed by atoms with E-state index in [0.29, 0.717) is 18.4 Å². The Balaban J connectivity index is 1.83. The molecule has 0 aromatic carbocycles. The van der Waals surface area contributed by atoms with Gasteiger partial charge in [-0.05, 0) is 36.0 Å². The Labute approximate surface area is 188 Å². The normalized spacial score (nSPS) is 46.7. The summed E-state index contributed by atoms with van der Waals surface area (Å²) in [5, 5.41) is 22.8. The fourth-order valence-corrected chi connectivity index (χ4v) is 7.73. The average molecular weight is 451 g/mol. The van der Waals surface area contributed by atoms with Gasteiger partial charge >= 0.3 is 17.9 Å². The van der Waals surface area contributed by atoms with Crippen molar-refractivity contribution in [3.8, 4) is 0 Å². The molecule has 3 fully saturated rings. The first-order valence-corrected chi connectivity index (χ1v) is 11.4. The molecule has 3 aliphatic carbocycles. The molecule has 4 rings (SSSR count). The SMILES string of the molecule is CC(=O)O[C@@H]1[C@H](O)[C@@H]2[C@@H](C[C@@]3(O)OC(=O)C=C3[C@@H]2C)[C@]2(C)CC[C@H](OC(C)=O)C(C)(C)[C@H]12. The van der Waals surface area contributed by atoms with Crippen LogP contribution in [0.1, 0.15) is 60.8 Å². The second kappa shape index (κ2) is 7.29. The minimum absolute atomic E-state index is 0.171.